The van der Waals surface area contributed by atoms with E-state index in [2.05, 4.69) is 30.0 Å². The maximum Gasteiger partial charge on any atom is 0.164 e. The van der Waals surface area contributed by atoms with E-state index in [4.69, 9.17) is 21.1 Å². The van der Waals surface area contributed by atoms with Crippen LogP contribution in [0.4, 0.5) is 5.69 Å². The van der Waals surface area contributed by atoms with Gasteiger partial charge in [-0.1, -0.05) is 24.6 Å². The van der Waals surface area contributed by atoms with Gasteiger partial charge in [-0.2, -0.15) is 0 Å². The van der Waals surface area contributed by atoms with E-state index in [1.807, 2.05) is 0 Å². The maximum absolute atomic E-state index is 6.49. The number of piperidine rings is 1. The molecule has 1 aromatic rings. The average Bonchev–Trinajstić information content (AvgIpc) is 3.01. The van der Waals surface area contributed by atoms with Gasteiger partial charge in [0.2, 0.25) is 0 Å². The van der Waals surface area contributed by atoms with Crippen molar-refractivity contribution in [2.45, 2.75) is 38.4 Å². The van der Waals surface area contributed by atoms with Crippen molar-refractivity contribution in [3.05, 3.63) is 28.8 Å². The topological polar surface area (TPSA) is 21.7 Å². The van der Waals surface area contributed by atoms with Crippen molar-refractivity contribution in [1.82, 2.24) is 0 Å². The number of anilines is 1. The molecule has 2 heterocycles. The van der Waals surface area contributed by atoms with Crippen LogP contribution in [0.1, 0.15) is 37.7 Å². The molecule has 0 aromatic heterocycles. The lowest BCUT2D eigenvalue weighted by atomic mass is 9.99. The van der Waals surface area contributed by atoms with Crippen LogP contribution in [-0.2, 0) is 9.47 Å². The quantitative estimate of drug-likeness (QED) is 0.846. The molecule has 0 bridgehead atoms. The molecule has 3 nitrogen and oxygen atoms in total. The number of rotatable bonds is 3. The molecule has 0 saturated carbocycles. The number of halogens is 1. The van der Waals surface area contributed by atoms with E-state index in [9.17, 15) is 0 Å². The van der Waals surface area contributed by atoms with Crippen LogP contribution in [0.3, 0.4) is 0 Å². The Hall–Kier alpha value is -0.770. The van der Waals surface area contributed by atoms with Crippen LogP contribution < -0.4 is 4.90 Å². The van der Waals surface area contributed by atoms with Crippen molar-refractivity contribution in [3.8, 4) is 0 Å². The smallest absolute Gasteiger partial charge is 0.164 e. The van der Waals surface area contributed by atoms with Gasteiger partial charge in [-0.15, -0.1) is 0 Å². The van der Waals surface area contributed by atoms with Gasteiger partial charge in [0.25, 0.3) is 0 Å². The van der Waals surface area contributed by atoms with E-state index >= 15 is 0 Å². The first-order valence-corrected chi connectivity index (χ1v) is 7.91. The van der Waals surface area contributed by atoms with E-state index in [1.165, 1.54) is 24.8 Å². The number of nitrogens with zero attached hydrogens (tertiary/aromatic N) is 1. The van der Waals surface area contributed by atoms with Crippen LogP contribution in [0.15, 0.2) is 18.2 Å². The zero-order valence-electron chi connectivity index (χ0n) is 12.0. The molecule has 0 radical (unpaired) electrons. The first kappa shape index (κ1) is 14.2. The van der Waals surface area contributed by atoms with Gasteiger partial charge < -0.3 is 14.4 Å². The highest BCUT2D eigenvalue weighted by Gasteiger charge is 2.25. The number of benzene rings is 1. The molecule has 1 atom stereocenters. The van der Waals surface area contributed by atoms with E-state index in [0.717, 1.165) is 23.8 Å². The Morgan fingerprint density at radius 2 is 1.85 bits per heavy atom. The molecule has 2 aliphatic heterocycles. The molecule has 0 spiro atoms. The SMILES string of the molecule is CC(c1ccc(N2CCCCC2)c(Cl)c1)C1OCCO1. The average molecular weight is 296 g/mol. The highest BCUT2D eigenvalue weighted by molar-refractivity contribution is 6.33. The summed E-state index contributed by atoms with van der Waals surface area (Å²) in [5.41, 5.74) is 2.35. The van der Waals surface area contributed by atoms with Gasteiger partial charge in [0.1, 0.15) is 0 Å². The second-order valence-electron chi connectivity index (χ2n) is 5.66. The van der Waals surface area contributed by atoms with Crippen molar-refractivity contribution >= 4 is 17.3 Å². The Morgan fingerprint density at radius 3 is 2.50 bits per heavy atom. The lowest BCUT2D eigenvalue weighted by molar-refractivity contribution is -0.0570. The lowest BCUT2D eigenvalue weighted by Gasteiger charge is -2.30. The summed E-state index contributed by atoms with van der Waals surface area (Å²) < 4.78 is 11.2. The Kier molecular flexibility index (Phi) is 4.49. The minimum Gasteiger partial charge on any atom is -0.370 e. The molecule has 1 aromatic carbocycles. The predicted molar refractivity (Wildman–Crippen MR) is 81.6 cm³/mol. The summed E-state index contributed by atoms with van der Waals surface area (Å²) in [6, 6.07) is 6.38. The van der Waals surface area contributed by atoms with Crippen LogP contribution in [0.2, 0.25) is 5.02 Å². The number of hydrogen-bond acceptors (Lipinski definition) is 3. The van der Waals surface area contributed by atoms with Gasteiger partial charge >= 0.3 is 0 Å². The zero-order valence-corrected chi connectivity index (χ0v) is 12.7. The fraction of sp³-hybridized carbons (Fsp3) is 0.625. The minimum absolute atomic E-state index is 0.132. The lowest BCUT2D eigenvalue weighted by Crippen LogP contribution is -2.29. The molecule has 0 N–H and O–H groups in total. The molecule has 0 amide bonds. The molecule has 3 rings (SSSR count). The molecule has 110 valence electrons. The first-order valence-electron chi connectivity index (χ1n) is 7.53. The highest BCUT2D eigenvalue weighted by atomic mass is 35.5. The van der Waals surface area contributed by atoms with Crippen molar-refractivity contribution in [1.29, 1.82) is 0 Å². The zero-order chi connectivity index (χ0) is 13.9. The van der Waals surface area contributed by atoms with Gasteiger partial charge in [-0.05, 0) is 37.0 Å². The van der Waals surface area contributed by atoms with Crippen molar-refractivity contribution in [3.63, 3.8) is 0 Å². The van der Waals surface area contributed by atoms with Crippen LogP contribution in [-0.4, -0.2) is 32.6 Å². The number of hydrogen-bond donors (Lipinski definition) is 0. The third kappa shape index (κ3) is 2.95. The fourth-order valence-corrected chi connectivity index (χ4v) is 3.33. The van der Waals surface area contributed by atoms with Gasteiger partial charge in [0.05, 0.1) is 23.9 Å². The van der Waals surface area contributed by atoms with Gasteiger partial charge in [-0.25, -0.2) is 0 Å². The van der Waals surface area contributed by atoms with E-state index < -0.39 is 0 Å². The number of ether oxygens (including phenoxy) is 2. The van der Waals surface area contributed by atoms with Gasteiger partial charge in [0, 0.05) is 19.0 Å². The molecule has 2 saturated heterocycles. The molecule has 0 aliphatic carbocycles. The molecule has 2 aliphatic rings. The molecular formula is C16H22ClNO2. The van der Waals surface area contributed by atoms with Crippen LogP contribution >= 0.6 is 11.6 Å². The second kappa shape index (κ2) is 6.33. The molecular weight excluding hydrogens is 274 g/mol. The minimum atomic E-state index is -0.132. The highest BCUT2D eigenvalue weighted by Crippen LogP contribution is 2.33. The normalized spacial score (nSPS) is 22.2. The van der Waals surface area contributed by atoms with Crippen LogP contribution in [0, 0.1) is 0 Å². The third-order valence-corrected chi connectivity index (χ3v) is 4.55. The second-order valence-corrected chi connectivity index (χ2v) is 6.06. The largest absolute Gasteiger partial charge is 0.370 e. The fourth-order valence-electron chi connectivity index (χ4n) is 3.02. The molecule has 2 fully saturated rings. The monoisotopic (exact) mass is 295 g/mol. The Labute approximate surface area is 125 Å². The van der Waals surface area contributed by atoms with Crippen molar-refractivity contribution in [2.24, 2.45) is 0 Å². The summed E-state index contributed by atoms with van der Waals surface area (Å²) in [4.78, 5) is 2.39. The van der Waals surface area contributed by atoms with Gasteiger partial charge in [0.15, 0.2) is 6.29 Å². The van der Waals surface area contributed by atoms with Crippen molar-refractivity contribution < 1.29 is 9.47 Å². The molecule has 20 heavy (non-hydrogen) atoms. The van der Waals surface area contributed by atoms with Crippen LogP contribution in [0.25, 0.3) is 0 Å². The summed E-state index contributed by atoms with van der Waals surface area (Å²) in [7, 11) is 0. The first-order chi connectivity index (χ1) is 9.75. The molecule has 4 heteroatoms. The van der Waals surface area contributed by atoms with E-state index in [0.29, 0.717) is 13.2 Å². The summed E-state index contributed by atoms with van der Waals surface area (Å²) in [6.07, 6.45) is 3.72. The molecule has 1 unspecified atom stereocenters. The van der Waals surface area contributed by atoms with Crippen molar-refractivity contribution in [2.75, 3.05) is 31.2 Å². The Bertz CT molecular complexity index is 454. The van der Waals surface area contributed by atoms with Crippen LogP contribution in [0.5, 0.6) is 0 Å². The Morgan fingerprint density at radius 1 is 1.15 bits per heavy atom. The van der Waals surface area contributed by atoms with E-state index in [-0.39, 0.29) is 12.2 Å². The Balaban J connectivity index is 1.75. The standard InChI is InChI=1S/C16H22ClNO2/c1-12(16-19-9-10-20-16)13-5-6-15(14(17)11-13)18-7-3-2-4-8-18/h5-6,11-12,16H,2-4,7-10H2,1H3. The van der Waals surface area contributed by atoms with Gasteiger partial charge in [-0.3, -0.25) is 0 Å². The predicted octanol–water partition coefficient (Wildman–Crippen LogP) is 3.81. The summed E-state index contributed by atoms with van der Waals surface area (Å²) in [5.74, 6) is 0.213. The maximum atomic E-state index is 6.49. The summed E-state index contributed by atoms with van der Waals surface area (Å²) in [6.45, 7) is 5.73. The summed E-state index contributed by atoms with van der Waals surface area (Å²) >= 11 is 6.49. The van der Waals surface area contributed by atoms with E-state index in [1.54, 1.807) is 0 Å². The third-order valence-electron chi connectivity index (χ3n) is 4.25. The summed E-state index contributed by atoms with van der Waals surface area (Å²) in [5, 5.41) is 0.842.